The first-order chi connectivity index (χ1) is 16.4. The molecule has 2 rings (SSSR count). The summed E-state index contributed by atoms with van der Waals surface area (Å²) in [5.41, 5.74) is -0.318. The molecule has 6 nitrogen and oxygen atoms in total. The zero-order valence-corrected chi connectivity index (χ0v) is 17.4. The first-order valence-corrected chi connectivity index (χ1v) is 8.96. The predicted molar refractivity (Wildman–Crippen MR) is 87.8 cm³/mol. The number of aromatic nitrogens is 4. The van der Waals surface area contributed by atoms with Gasteiger partial charge in [-0.2, -0.15) is 70.5 Å². The zero-order valence-electron chi connectivity index (χ0n) is 16.5. The van der Waals surface area contributed by atoms with Crippen LogP contribution >= 0.6 is 12.6 Å². The molecule has 2 aromatic rings. The Bertz CT molecular complexity index is 1160. The van der Waals surface area contributed by atoms with Gasteiger partial charge < -0.3 is 4.74 Å². The molecule has 1 aromatic heterocycles. The minimum atomic E-state index is -8.52. The van der Waals surface area contributed by atoms with Crippen LogP contribution in [0.5, 0.6) is 5.75 Å². The fourth-order valence-corrected chi connectivity index (χ4v) is 2.49. The van der Waals surface area contributed by atoms with Crippen LogP contribution in [0, 0.1) is 0 Å². The summed E-state index contributed by atoms with van der Waals surface area (Å²) in [6, 6.07) is 2.87. The Morgan fingerprint density at radius 3 is 1.70 bits per heavy atom. The number of tetrazole rings is 1. The average molecular weight is 590 g/mol. The van der Waals surface area contributed by atoms with E-state index in [9.17, 15) is 70.7 Å². The molecule has 0 unspecified atom stereocenters. The van der Waals surface area contributed by atoms with E-state index in [-0.39, 0.29) is 10.8 Å². The molecule has 208 valence electrons. The van der Waals surface area contributed by atoms with Crippen molar-refractivity contribution in [3.63, 3.8) is 0 Å². The Labute approximate surface area is 197 Å². The summed E-state index contributed by atoms with van der Waals surface area (Å²) in [6.45, 7) is 0. The molecule has 1 aromatic carbocycles. The topological polar surface area (TPSA) is 69.9 Å². The molecule has 0 N–H and O–H groups in total. The predicted octanol–water partition coefficient (Wildman–Crippen LogP) is 5.23. The van der Waals surface area contributed by atoms with Crippen LogP contribution < -0.4 is 4.74 Å². The van der Waals surface area contributed by atoms with Gasteiger partial charge in [0.25, 0.3) is 0 Å². The maximum atomic E-state index is 13.9. The maximum Gasteiger partial charge on any atom is 0.460 e. The summed E-state index contributed by atoms with van der Waals surface area (Å²) in [5.74, 6) is -53.8. The van der Waals surface area contributed by atoms with E-state index in [1.165, 1.54) is 0 Å². The normalized spacial score (nSPS) is 14.6. The minimum Gasteiger partial charge on any atom is -0.422 e. The second-order valence-electron chi connectivity index (χ2n) is 6.72. The Hall–Kier alpha value is -2.94. The number of carbonyl (C=O) groups is 1. The van der Waals surface area contributed by atoms with E-state index < -0.39 is 53.4 Å². The number of alkyl halides is 15. The van der Waals surface area contributed by atoms with E-state index in [0.29, 0.717) is 16.8 Å². The van der Waals surface area contributed by atoms with E-state index in [0.717, 1.165) is 12.1 Å². The lowest BCUT2D eigenvalue weighted by Crippen LogP contribution is -2.73. The Kier molecular flexibility index (Phi) is 7.22. The second kappa shape index (κ2) is 8.82. The van der Waals surface area contributed by atoms with Gasteiger partial charge in [-0.05, 0) is 22.6 Å². The van der Waals surface area contributed by atoms with E-state index >= 15 is 0 Å². The monoisotopic (exact) mass is 590 g/mol. The SMILES string of the molecule is O=C(Oc1cccc(-n2nnnc2S)c1)C(F)(F)C(F)(F)C(F)(F)C(F)(F)C(F)(F)C(F)(F)C(F)(F)F. The quantitative estimate of drug-likeness (QED) is 0.198. The highest BCUT2D eigenvalue weighted by molar-refractivity contribution is 7.80. The molecule has 0 saturated carbocycles. The van der Waals surface area contributed by atoms with Crippen molar-refractivity contribution in [3.05, 3.63) is 24.3 Å². The third-order valence-corrected chi connectivity index (χ3v) is 4.59. The molecule has 0 radical (unpaired) electrons. The van der Waals surface area contributed by atoms with Crippen molar-refractivity contribution in [1.82, 2.24) is 20.2 Å². The van der Waals surface area contributed by atoms with Crippen molar-refractivity contribution in [2.45, 2.75) is 46.9 Å². The summed E-state index contributed by atoms with van der Waals surface area (Å²) >= 11 is 3.73. The molecule has 0 aliphatic rings. The van der Waals surface area contributed by atoms with Gasteiger partial charge in [-0.3, -0.25) is 0 Å². The highest BCUT2D eigenvalue weighted by atomic mass is 32.1. The van der Waals surface area contributed by atoms with Gasteiger partial charge in [-0.1, -0.05) is 6.07 Å². The maximum absolute atomic E-state index is 13.9. The molecular formula is C15H5F15N4O2S. The van der Waals surface area contributed by atoms with Gasteiger partial charge in [0, 0.05) is 6.07 Å². The number of rotatable bonds is 8. The van der Waals surface area contributed by atoms with E-state index in [4.69, 9.17) is 0 Å². The molecule has 0 aliphatic heterocycles. The highest BCUT2D eigenvalue weighted by Gasteiger charge is 2.94. The Morgan fingerprint density at radius 2 is 1.24 bits per heavy atom. The zero-order chi connectivity index (χ0) is 29.0. The van der Waals surface area contributed by atoms with Gasteiger partial charge in [0.05, 0.1) is 5.69 Å². The Morgan fingerprint density at radius 1 is 0.757 bits per heavy atom. The lowest BCUT2D eigenvalue weighted by molar-refractivity contribution is -0.450. The van der Waals surface area contributed by atoms with Crippen molar-refractivity contribution >= 4 is 18.6 Å². The van der Waals surface area contributed by atoms with Crippen LogP contribution in [0.1, 0.15) is 0 Å². The third-order valence-electron chi connectivity index (χ3n) is 4.31. The largest absolute Gasteiger partial charge is 0.460 e. The molecular weight excluding hydrogens is 585 g/mol. The number of nitrogens with zero attached hydrogens (tertiary/aromatic N) is 4. The standard InChI is InChI=1S/C15H5F15N4O2S/c16-9(17,7(35)36-6-3-1-2-5(4-6)34-8(37)31-32-33-34)10(18,19)11(20,21)12(22,23)13(24,25)14(26,27)15(28,29)30/h1-4H,(H,31,33,37). The number of carbonyl (C=O) groups excluding carboxylic acids is 1. The van der Waals surface area contributed by atoms with E-state index in [1.54, 1.807) is 0 Å². The summed E-state index contributed by atoms with van der Waals surface area (Å²) in [6.07, 6.45) is -7.73. The van der Waals surface area contributed by atoms with Crippen molar-refractivity contribution in [2.24, 2.45) is 0 Å². The molecule has 0 spiro atoms. The average Bonchev–Trinajstić information content (AvgIpc) is 3.18. The number of halogens is 15. The highest BCUT2D eigenvalue weighted by Crippen LogP contribution is 2.62. The summed E-state index contributed by atoms with van der Waals surface area (Å²) in [5, 5.41) is 9.32. The number of esters is 1. The van der Waals surface area contributed by atoms with Crippen molar-refractivity contribution < 1.29 is 75.4 Å². The molecule has 0 fully saturated rings. The molecule has 0 saturated heterocycles. The molecule has 22 heteroatoms. The van der Waals surface area contributed by atoms with Crippen LogP contribution in [0.25, 0.3) is 5.69 Å². The van der Waals surface area contributed by atoms with Crippen molar-refractivity contribution in [3.8, 4) is 11.4 Å². The van der Waals surface area contributed by atoms with E-state index in [1.807, 2.05) is 0 Å². The van der Waals surface area contributed by atoms with Crippen LogP contribution in [0.2, 0.25) is 0 Å². The lowest BCUT2D eigenvalue weighted by atomic mass is 9.91. The van der Waals surface area contributed by atoms with Gasteiger partial charge in [0.2, 0.25) is 5.16 Å². The molecule has 0 amide bonds. The first-order valence-electron chi connectivity index (χ1n) is 8.51. The molecule has 0 aliphatic carbocycles. The van der Waals surface area contributed by atoms with Crippen LogP contribution in [0.3, 0.4) is 0 Å². The number of benzene rings is 1. The van der Waals surface area contributed by atoms with Crippen LogP contribution in [0.15, 0.2) is 29.4 Å². The van der Waals surface area contributed by atoms with Gasteiger partial charge in [-0.15, -0.1) is 17.7 Å². The number of ether oxygens (including phenoxy) is 1. The van der Waals surface area contributed by atoms with Crippen molar-refractivity contribution in [1.29, 1.82) is 0 Å². The summed E-state index contributed by atoms with van der Waals surface area (Å²) in [7, 11) is 0. The van der Waals surface area contributed by atoms with Gasteiger partial charge in [-0.25, -0.2) is 4.79 Å². The van der Waals surface area contributed by atoms with Crippen molar-refractivity contribution in [2.75, 3.05) is 0 Å². The first kappa shape index (κ1) is 30.3. The Balaban J connectivity index is 2.47. The second-order valence-corrected chi connectivity index (χ2v) is 7.12. The summed E-state index contributed by atoms with van der Waals surface area (Å²) < 4.78 is 203. The fraction of sp³-hybridized carbons (Fsp3) is 0.467. The number of thiol groups is 1. The minimum absolute atomic E-state index is 0.307. The summed E-state index contributed by atoms with van der Waals surface area (Å²) in [4.78, 5) is 11.5. The molecule has 0 bridgehead atoms. The lowest BCUT2D eigenvalue weighted by Gasteiger charge is -2.40. The van der Waals surface area contributed by atoms with E-state index in [2.05, 4.69) is 32.9 Å². The number of hydrogen-bond donors (Lipinski definition) is 1. The molecule has 37 heavy (non-hydrogen) atoms. The van der Waals surface area contributed by atoms with Crippen LogP contribution in [-0.4, -0.2) is 67.9 Å². The van der Waals surface area contributed by atoms with Gasteiger partial charge in [0.1, 0.15) is 5.75 Å². The third kappa shape index (κ3) is 4.41. The molecule has 1 heterocycles. The van der Waals surface area contributed by atoms with Crippen LogP contribution in [-0.2, 0) is 4.79 Å². The number of hydrogen-bond acceptors (Lipinski definition) is 6. The molecule has 0 atom stereocenters. The smallest absolute Gasteiger partial charge is 0.422 e. The van der Waals surface area contributed by atoms with Crippen LogP contribution in [0.4, 0.5) is 65.9 Å². The van der Waals surface area contributed by atoms with Gasteiger partial charge in [0.15, 0.2) is 0 Å². The fourth-order valence-electron chi connectivity index (χ4n) is 2.29. The van der Waals surface area contributed by atoms with Gasteiger partial charge >= 0.3 is 47.7 Å².